The lowest BCUT2D eigenvalue weighted by Crippen LogP contribution is -2.06. The van der Waals surface area contributed by atoms with Crippen molar-refractivity contribution in [3.8, 4) is 0 Å². The van der Waals surface area contributed by atoms with E-state index in [-0.39, 0.29) is 5.76 Å². The summed E-state index contributed by atoms with van der Waals surface area (Å²) in [5, 5.41) is 8.60. The predicted molar refractivity (Wildman–Crippen MR) is 27.5 cm³/mol. The van der Waals surface area contributed by atoms with Gasteiger partial charge in [-0.3, -0.25) is 0 Å². The van der Waals surface area contributed by atoms with Crippen LogP contribution in [0.1, 0.15) is 11.9 Å². The van der Waals surface area contributed by atoms with E-state index in [2.05, 4.69) is 9.40 Å². The van der Waals surface area contributed by atoms with E-state index in [1.54, 1.807) is 0 Å². The van der Waals surface area contributed by atoms with Gasteiger partial charge in [-0.05, 0) is 0 Å². The molecule has 0 spiro atoms. The molecule has 0 radical (unpaired) electrons. The lowest BCUT2D eigenvalue weighted by atomic mass is 10.3. The summed E-state index contributed by atoms with van der Waals surface area (Å²) in [4.78, 5) is 3.37. The molecule has 0 bridgehead atoms. The van der Waals surface area contributed by atoms with Crippen molar-refractivity contribution in [2.24, 2.45) is 0 Å². The standard InChI is InChI=1S/C5H5F2NO2/c6-5(7)4(9)3-1-8-2-10-3/h1-2,4-5,9H. The van der Waals surface area contributed by atoms with Crippen molar-refractivity contribution in [2.45, 2.75) is 12.5 Å². The molecular formula is C5H5F2NO2. The van der Waals surface area contributed by atoms with Crippen LogP contribution in [0.25, 0.3) is 0 Å². The molecule has 0 saturated heterocycles. The maximum absolute atomic E-state index is 11.7. The Hall–Kier alpha value is -0.970. The van der Waals surface area contributed by atoms with Gasteiger partial charge in [0.15, 0.2) is 18.3 Å². The summed E-state index contributed by atoms with van der Waals surface area (Å²) in [6, 6.07) is 0. The van der Waals surface area contributed by atoms with Crippen molar-refractivity contribution >= 4 is 0 Å². The Kier molecular flexibility index (Phi) is 1.96. The first-order chi connectivity index (χ1) is 4.72. The van der Waals surface area contributed by atoms with Crippen LogP contribution in [0.4, 0.5) is 8.78 Å². The maximum Gasteiger partial charge on any atom is 0.271 e. The average Bonchev–Trinajstić information content (AvgIpc) is 2.36. The summed E-state index contributed by atoms with van der Waals surface area (Å²) in [5.41, 5.74) is 0. The van der Waals surface area contributed by atoms with E-state index < -0.39 is 12.5 Å². The molecule has 0 amide bonds. The lowest BCUT2D eigenvalue weighted by Gasteiger charge is -2.02. The Balaban J connectivity index is 2.68. The number of hydrogen-bond acceptors (Lipinski definition) is 3. The van der Waals surface area contributed by atoms with Gasteiger partial charge in [0.2, 0.25) is 0 Å². The van der Waals surface area contributed by atoms with Crippen LogP contribution in [0.5, 0.6) is 0 Å². The Morgan fingerprint density at radius 3 is 2.70 bits per heavy atom. The zero-order valence-electron chi connectivity index (χ0n) is 4.87. The van der Waals surface area contributed by atoms with Gasteiger partial charge < -0.3 is 9.52 Å². The van der Waals surface area contributed by atoms with Gasteiger partial charge in [-0.15, -0.1) is 0 Å². The van der Waals surface area contributed by atoms with Gasteiger partial charge in [-0.25, -0.2) is 13.8 Å². The molecule has 1 aromatic rings. The lowest BCUT2D eigenvalue weighted by molar-refractivity contribution is -0.0176. The first-order valence-electron chi connectivity index (χ1n) is 2.56. The molecule has 0 aliphatic heterocycles. The number of rotatable bonds is 2. The molecule has 3 nitrogen and oxygen atoms in total. The van der Waals surface area contributed by atoms with Gasteiger partial charge in [0.25, 0.3) is 6.43 Å². The summed E-state index contributed by atoms with van der Waals surface area (Å²) >= 11 is 0. The van der Waals surface area contributed by atoms with E-state index in [1.807, 2.05) is 0 Å². The number of hydrogen-bond donors (Lipinski definition) is 1. The highest BCUT2D eigenvalue weighted by atomic mass is 19.3. The summed E-state index contributed by atoms with van der Waals surface area (Å²) in [5.74, 6) is -0.213. The van der Waals surface area contributed by atoms with E-state index in [4.69, 9.17) is 5.11 Å². The Labute approximate surface area is 55.3 Å². The summed E-state index contributed by atoms with van der Waals surface area (Å²) < 4.78 is 27.7. The van der Waals surface area contributed by atoms with E-state index >= 15 is 0 Å². The first-order valence-corrected chi connectivity index (χ1v) is 2.56. The molecule has 0 aromatic carbocycles. The zero-order valence-corrected chi connectivity index (χ0v) is 4.87. The van der Waals surface area contributed by atoms with E-state index in [9.17, 15) is 8.78 Å². The number of nitrogens with zero attached hydrogens (tertiary/aromatic N) is 1. The van der Waals surface area contributed by atoms with E-state index in [0.717, 1.165) is 12.6 Å². The van der Waals surface area contributed by atoms with E-state index in [1.165, 1.54) is 0 Å². The highest BCUT2D eigenvalue weighted by Gasteiger charge is 2.21. The van der Waals surface area contributed by atoms with E-state index in [0.29, 0.717) is 0 Å². The third kappa shape index (κ3) is 1.30. The summed E-state index contributed by atoms with van der Waals surface area (Å²) in [7, 11) is 0. The largest absolute Gasteiger partial charge is 0.446 e. The second kappa shape index (κ2) is 2.74. The van der Waals surface area contributed by atoms with Gasteiger partial charge in [0, 0.05) is 0 Å². The van der Waals surface area contributed by atoms with Crippen molar-refractivity contribution < 1.29 is 18.3 Å². The molecule has 0 saturated carbocycles. The molecule has 1 rings (SSSR count). The third-order valence-corrected chi connectivity index (χ3v) is 0.982. The molecule has 0 aliphatic rings. The minimum atomic E-state index is -2.83. The third-order valence-electron chi connectivity index (χ3n) is 0.982. The number of alkyl halides is 2. The van der Waals surface area contributed by atoms with Gasteiger partial charge >= 0.3 is 0 Å². The molecule has 10 heavy (non-hydrogen) atoms. The molecule has 0 fully saturated rings. The number of oxazole rings is 1. The van der Waals surface area contributed by atoms with Crippen molar-refractivity contribution in [1.82, 2.24) is 4.98 Å². The maximum atomic E-state index is 11.7. The summed E-state index contributed by atoms with van der Waals surface area (Å²) in [6.07, 6.45) is -2.65. The van der Waals surface area contributed by atoms with Gasteiger partial charge in [0.05, 0.1) is 6.20 Å². The van der Waals surface area contributed by atoms with Crippen molar-refractivity contribution in [3.05, 3.63) is 18.4 Å². The highest BCUT2D eigenvalue weighted by molar-refractivity contribution is 4.94. The minimum Gasteiger partial charge on any atom is -0.446 e. The van der Waals surface area contributed by atoms with Crippen molar-refractivity contribution in [3.63, 3.8) is 0 Å². The van der Waals surface area contributed by atoms with Crippen LogP contribution in [0.15, 0.2) is 17.0 Å². The van der Waals surface area contributed by atoms with Gasteiger partial charge in [-0.2, -0.15) is 0 Å². The van der Waals surface area contributed by atoms with Gasteiger partial charge in [-0.1, -0.05) is 0 Å². The molecule has 1 unspecified atom stereocenters. The second-order valence-corrected chi connectivity index (χ2v) is 1.68. The Morgan fingerprint density at radius 2 is 2.30 bits per heavy atom. The quantitative estimate of drug-likeness (QED) is 0.681. The topological polar surface area (TPSA) is 46.3 Å². The zero-order chi connectivity index (χ0) is 7.56. The van der Waals surface area contributed by atoms with Crippen molar-refractivity contribution in [1.29, 1.82) is 0 Å². The number of aliphatic hydroxyl groups is 1. The Bertz CT molecular complexity index is 188. The van der Waals surface area contributed by atoms with Crippen LogP contribution in [0.2, 0.25) is 0 Å². The monoisotopic (exact) mass is 149 g/mol. The molecule has 1 heterocycles. The van der Waals surface area contributed by atoms with Crippen LogP contribution in [-0.2, 0) is 0 Å². The van der Waals surface area contributed by atoms with Crippen LogP contribution >= 0.6 is 0 Å². The molecule has 56 valence electrons. The number of aliphatic hydroxyl groups excluding tert-OH is 1. The molecular weight excluding hydrogens is 144 g/mol. The second-order valence-electron chi connectivity index (χ2n) is 1.68. The normalized spacial score (nSPS) is 14.0. The van der Waals surface area contributed by atoms with Crippen LogP contribution in [0, 0.1) is 0 Å². The fraction of sp³-hybridized carbons (Fsp3) is 0.400. The van der Waals surface area contributed by atoms with Crippen LogP contribution < -0.4 is 0 Å². The highest BCUT2D eigenvalue weighted by Crippen LogP contribution is 2.18. The molecule has 0 aliphatic carbocycles. The summed E-state index contributed by atoms with van der Waals surface area (Å²) in [6.45, 7) is 0. The molecule has 1 aromatic heterocycles. The number of halogens is 2. The van der Waals surface area contributed by atoms with Crippen LogP contribution in [-0.4, -0.2) is 16.5 Å². The Morgan fingerprint density at radius 1 is 1.60 bits per heavy atom. The van der Waals surface area contributed by atoms with Crippen LogP contribution in [0.3, 0.4) is 0 Å². The molecule has 1 atom stereocenters. The fourth-order valence-corrected chi connectivity index (χ4v) is 0.496. The fourth-order valence-electron chi connectivity index (χ4n) is 0.496. The number of aromatic nitrogens is 1. The van der Waals surface area contributed by atoms with Crippen molar-refractivity contribution in [2.75, 3.05) is 0 Å². The SMILES string of the molecule is OC(c1cnco1)C(F)F. The molecule has 1 N–H and O–H groups in total. The first kappa shape index (κ1) is 7.14. The average molecular weight is 149 g/mol. The predicted octanol–water partition coefficient (Wildman–Crippen LogP) is 0.973. The molecule has 5 heteroatoms. The smallest absolute Gasteiger partial charge is 0.271 e. The van der Waals surface area contributed by atoms with Gasteiger partial charge in [0.1, 0.15) is 0 Å². The minimum absolute atomic E-state index is 0.213.